The average Bonchev–Trinajstić information content (AvgIpc) is 2.72. The van der Waals surface area contributed by atoms with Gasteiger partial charge in [-0.3, -0.25) is 0 Å². The molecule has 0 aliphatic rings. The van der Waals surface area contributed by atoms with E-state index in [0.29, 0.717) is 0 Å². The van der Waals surface area contributed by atoms with E-state index in [-0.39, 0.29) is 6.54 Å². The smallest absolute Gasteiger partial charge is 0.119 e. The van der Waals surface area contributed by atoms with Crippen LogP contribution in [0, 0.1) is 6.92 Å². The van der Waals surface area contributed by atoms with Gasteiger partial charge in [-0.1, -0.05) is 0 Å². The number of nitrogens with one attached hydrogen (secondary N) is 1. The van der Waals surface area contributed by atoms with Crippen LogP contribution in [0.4, 0.5) is 0 Å². The normalized spacial score (nSPS) is 13.0. The van der Waals surface area contributed by atoms with Crippen LogP contribution < -0.4 is 10.5 Å². The van der Waals surface area contributed by atoms with Crippen LogP contribution >= 0.6 is 0 Å². The van der Waals surface area contributed by atoms with Crippen molar-refractivity contribution in [3.8, 4) is 5.75 Å². The van der Waals surface area contributed by atoms with Gasteiger partial charge in [-0.25, -0.2) is 0 Å². The van der Waals surface area contributed by atoms with Gasteiger partial charge in [0, 0.05) is 29.2 Å². The first kappa shape index (κ1) is 11.0. The molecule has 0 saturated carbocycles. The molecule has 0 bridgehead atoms. The molecule has 4 N–H and O–H groups in total. The molecule has 0 aliphatic heterocycles. The first-order valence-corrected chi connectivity index (χ1v) is 5.21. The van der Waals surface area contributed by atoms with E-state index < -0.39 is 6.10 Å². The third-order valence-electron chi connectivity index (χ3n) is 2.81. The molecule has 1 heterocycles. The van der Waals surface area contributed by atoms with Crippen LogP contribution in [-0.2, 0) is 0 Å². The number of hydrogen-bond acceptors (Lipinski definition) is 3. The molecule has 2 aromatic rings. The number of nitrogens with two attached hydrogens (primary N) is 1. The van der Waals surface area contributed by atoms with Crippen molar-refractivity contribution in [2.75, 3.05) is 13.7 Å². The number of aryl methyl sites for hydroxylation is 1. The number of aromatic nitrogens is 1. The highest BCUT2D eigenvalue weighted by molar-refractivity contribution is 5.87. The van der Waals surface area contributed by atoms with Gasteiger partial charge < -0.3 is 20.6 Å². The molecule has 0 radical (unpaired) electrons. The van der Waals surface area contributed by atoms with Crippen molar-refractivity contribution >= 4 is 10.9 Å². The number of ether oxygens (including phenoxy) is 1. The average molecular weight is 220 g/mol. The number of methoxy groups -OCH3 is 1. The predicted octanol–water partition coefficient (Wildman–Crippen LogP) is 1.48. The molecular formula is C12H16N2O2. The lowest BCUT2D eigenvalue weighted by Crippen LogP contribution is -2.10. The van der Waals surface area contributed by atoms with Crippen LogP contribution in [0.2, 0.25) is 0 Å². The molecule has 1 aromatic heterocycles. The quantitative estimate of drug-likeness (QED) is 0.733. The predicted molar refractivity (Wildman–Crippen MR) is 63.6 cm³/mol. The highest BCUT2D eigenvalue weighted by Crippen LogP contribution is 2.29. The zero-order valence-electron chi connectivity index (χ0n) is 9.45. The van der Waals surface area contributed by atoms with Gasteiger partial charge in [-0.05, 0) is 24.6 Å². The number of H-pyrrole nitrogens is 1. The van der Waals surface area contributed by atoms with Crippen molar-refractivity contribution < 1.29 is 9.84 Å². The maximum absolute atomic E-state index is 9.78. The Morgan fingerprint density at radius 2 is 2.25 bits per heavy atom. The van der Waals surface area contributed by atoms with Crippen LogP contribution in [0.25, 0.3) is 10.9 Å². The van der Waals surface area contributed by atoms with Crippen molar-refractivity contribution in [3.63, 3.8) is 0 Å². The molecule has 0 amide bonds. The summed E-state index contributed by atoms with van der Waals surface area (Å²) in [5, 5.41) is 10.8. The minimum Gasteiger partial charge on any atom is -0.497 e. The molecule has 16 heavy (non-hydrogen) atoms. The van der Waals surface area contributed by atoms with Gasteiger partial charge in [0.15, 0.2) is 0 Å². The fourth-order valence-electron chi connectivity index (χ4n) is 1.92. The first-order valence-electron chi connectivity index (χ1n) is 5.21. The summed E-state index contributed by atoms with van der Waals surface area (Å²) in [7, 11) is 1.63. The minimum atomic E-state index is -0.639. The zero-order chi connectivity index (χ0) is 11.7. The number of fused-ring (bicyclic) bond motifs is 1. The maximum Gasteiger partial charge on any atom is 0.119 e. The standard InChI is InChI=1S/C12H16N2O2/c1-7-3-8(16-2)4-9-10(11(15)5-13)6-14-12(7)9/h3-4,6,11,14-15H,5,13H2,1-2H3. The Balaban J connectivity index is 2.65. The fraction of sp³-hybridized carbons (Fsp3) is 0.333. The molecule has 1 aromatic carbocycles. The van der Waals surface area contributed by atoms with Crippen LogP contribution in [0.1, 0.15) is 17.2 Å². The second-order valence-electron chi connectivity index (χ2n) is 3.86. The van der Waals surface area contributed by atoms with Crippen molar-refractivity contribution in [3.05, 3.63) is 29.5 Å². The molecule has 4 heteroatoms. The Labute approximate surface area is 94.0 Å². The van der Waals surface area contributed by atoms with Crippen molar-refractivity contribution in [1.29, 1.82) is 0 Å². The van der Waals surface area contributed by atoms with Gasteiger partial charge >= 0.3 is 0 Å². The molecular weight excluding hydrogens is 204 g/mol. The zero-order valence-corrected chi connectivity index (χ0v) is 9.45. The summed E-state index contributed by atoms with van der Waals surface area (Å²) in [5.74, 6) is 0.787. The van der Waals surface area contributed by atoms with Gasteiger partial charge in [-0.15, -0.1) is 0 Å². The number of aliphatic hydroxyl groups excluding tert-OH is 1. The number of rotatable bonds is 3. The van der Waals surface area contributed by atoms with E-state index in [1.54, 1.807) is 13.3 Å². The molecule has 1 atom stereocenters. The SMILES string of the molecule is COc1cc(C)c2[nH]cc(C(O)CN)c2c1. The van der Waals surface area contributed by atoms with E-state index in [0.717, 1.165) is 27.8 Å². The summed E-state index contributed by atoms with van der Waals surface area (Å²) < 4.78 is 5.21. The number of hydrogen-bond donors (Lipinski definition) is 3. The lowest BCUT2D eigenvalue weighted by Gasteiger charge is -2.08. The molecule has 86 valence electrons. The molecule has 0 fully saturated rings. The summed E-state index contributed by atoms with van der Waals surface area (Å²) in [4.78, 5) is 3.15. The lowest BCUT2D eigenvalue weighted by molar-refractivity contribution is 0.188. The molecule has 2 rings (SSSR count). The summed E-state index contributed by atoms with van der Waals surface area (Å²) in [6.07, 6.45) is 1.16. The van der Waals surface area contributed by atoms with Crippen LogP contribution in [0.15, 0.2) is 18.3 Å². The maximum atomic E-state index is 9.78. The summed E-state index contributed by atoms with van der Waals surface area (Å²) in [5.41, 5.74) is 8.39. The summed E-state index contributed by atoms with van der Waals surface area (Å²) in [6, 6.07) is 3.87. The Bertz CT molecular complexity index is 505. The van der Waals surface area contributed by atoms with E-state index in [4.69, 9.17) is 10.5 Å². The van der Waals surface area contributed by atoms with Gasteiger partial charge in [-0.2, -0.15) is 0 Å². The van der Waals surface area contributed by atoms with Crippen molar-refractivity contribution in [2.24, 2.45) is 5.73 Å². The minimum absolute atomic E-state index is 0.212. The van der Waals surface area contributed by atoms with Crippen LogP contribution in [-0.4, -0.2) is 23.7 Å². The van der Waals surface area contributed by atoms with Gasteiger partial charge in [0.25, 0.3) is 0 Å². The topological polar surface area (TPSA) is 71.3 Å². The fourth-order valence-corrected chi connectivity index (χ4v) is 1.92. The highest BCUT2D eigenvalue weighted by Gasteiger charge is 2.13. The third kappa shape index (κ3) is 1.66. The number of benzene rings is 1. The highest BCUT2D eigenvalue weighted by atomic mass is 16.5. The Kier molecular flexibility index (Phi) is 2.85. The van der Waals surface area contributed by atoms with E-state index in [1.165, 1.54) is 0 Å². The van der Waals surface area contributed by atoms with Gasteiger partial charge in [0.05, 0.1) is 13.2 Å². The largest absolute Gasteiger partial charge is 0.497 e. The Hall–Kier alpha value is -1.52. The molecule has 4 nitrogen and oxygen atoms in total. The van der Waals surface area contributed by atoms with Gasteiger partial charge in [0.1, 0.15) is 5.75 Å². The third-order valence-corrected chi connectivity index (χ3v) is 2.81. The molecule has 1 unspecified atom stereocenters. The first-order chi connectivity index (χ1) is 7.67. The van der Waals surface area contributed by atoms with E-state index in [2.05, 4.69) is 4.98 Å². The lowest BCUT2D eigenvalue weighted by atomic mass is 10.1. The second-order valence-corrected chi connectivity index (χ2v) is 3.86. The second kappa shape index (κ2) is 4.15. The van der Waals surface area contributed by atoms with Crippen molar-refractivity contribution in [2.45, 2.75) is 13.0 Å². The van der Waals surface area contributed by atoms with Crippen LogP contribution in [0.3, 0.4) is 0 Å². The summed E-state index contributed by atoms with van der Waals surface area (Å²) >= 11 is 0. The number of aromatic amines is 1. The van der Waals surface area contributed by atoms with Crippen LogP contribution in [0.5, 0.6) is 5.75 Å². The van der Waals surface area contributed by atoms with Gasteiger partial charge in [0.2, 0.25) is 0 Å². The summed E-state index contributed by atoms with van der Waals surface area (Å²) in [6.45, 7) is 2.21. The van der Waals surface area contributed by atoms with E-state index >= 15 is 0 Å². The van der Waals surface area contributed by atoms with E-state index in [1.807, 2.05) is 19.1 Å². The molecule has 0 saturated heterocycles. The Morgan fingerprint density at radius 1 is 1.50 bits per heavy atom. The van der Waals surface area contributed by atoms with Crippen molar-refractivity contribution in [1.82, 2.24) is 4.98 Å². The number of aliphatic hydroxyl groups is 1. The monoisotopic (exact) mass is 220 g/mol. The molecule has 0 aliphatic carbocycles. The Morgan fingerprint density at radius 3 is 2.88 bits per heavy atom. The molecule has 0 spiro atoms. The van der Waals surface area contributed by atoms with E-state index in [9.17, 15) is 5.11 Å².